The van der Waals surface area contributed by atoms with E-state index in [-0.39, 0.29) is 0 Å². The minimum Gasteiger partial charge on any atom is -0.314 e. The van der Waals surface area contributed by atoms with Gasteiger partial charge in [-0.25, -0.2) is 4.98 Å². The van der Waals surface area contributed by atoms with Gasteiger partial charge >= 0.3 is 0 Å². The highest BCUT2D eigenvalue weighted by atomic mass is 15.1. The van der Waals surface area contributed by atoms with E-state index >= 15 is 0 Å². The first-order valence-corrected chi connectivity index (χ1v) is 6.46. The molecule has 2 aromatic heterocycles. The standard InChI is InChI=1S/C14H22N4/c1-15-11-12-13(7-6-9-17(2)3)18-10-5-4-8-14(18)16-12/h4-5,8,10,15H,6-7,9,11H2,1-3H3. The summed E-state index contributed by atoms with van der Waals surface area (Å²) in [4.78, 5) is 6.91. The average Bonchev–Trinajstić information content (AvgIpc) is 2.68. The number of aromatic nitrogens is 2. The molecule has 0 aliphatic rings. The highest BCUT2D eigenvalue weighted by Crippen LogP contribution is 2.14. The third-order valence-electron chi connectivity index (χ3n) is 3.07. The molecular formula is C14H22N4. The molecule has 0 saturated heterocycles. The van der Waals surface area contributed by atoms with Gasteiger partial charge in [-0.15, -0.1) is 0 Å². The minimum absolute atomic E-state index is 0.832. The Balaban J connectivity index is 2.24. The van der Waals surface area contributed by atoms with Gasteiger partial charge in [0.2, 0.25) is 0 Å². The summed E-state index contributed by atoms with van der Waals surface area (Å²) in [5.41, 5.74) is 3.55. The third-order valence-corrected chi connectivity index (χ3v) is 3.07. The van der Waals surface area contributed by atoms with Crippen LogP contribution in [-0.2, 0) is 13.0 Å². The lowest BCUT2D eigenvalue weighted by molar-refractivity contribution is 0.399. The van der Waals surface area contributed by atoms with E-state index in [2.05, 4.69) is 52.0 Å². The lowest BCUT2D eigenvalue weighted by Crippen LogP contribution is -2.15. The van der Waals surface area contributed by atoms with Crippen LogP contribution in [-0.4, -0.2) is 42.0 Å². The molecule has 0 atom stereocenters. The topological polar surface area (TPSA) is 32.6 Å². The van der Waals surface area contributed by atoms with Gasteiger partial charge in [0.05, 0.1) is 5.69 Å². The van der Waals surface area contributed by atoms with Crippen LogP contribution in [0.5, 0.6) is 0 Å². The smallest absolute Gasteiger partial charge is 0.137 e. The summed E-state index contributed by atoms with van der Waals surface area (Å²) < 4.78 is 2.21. The van der Waals surface area contributed by atoms with E-state index in [1.807, 2.05) is 13.1 Å². The monoisotopic (exact) mass is 246 g/mol. The molecule has 0 aliphatic heterocycles. The van der Waals surface area contributed by atoms with E-state index in [0.29, 0.717) is 0 Å². The van der Waals surface area contributed by atoms with E-state index in [4.69, 9.17) is 0 Å². The fourth-order valence-corrected chi connectivity index (χ4v) is 2.23. The Morgan fingerprint density at radius 3 is 2.89 bits per heavy atom. The molecule has 0 fully saturated rings. The quantitative estimate of drug-likeness (QED) is 0.839. The summed E-state index contributed by atoms with van der Waals surface area (Å²) in [6, 6.07) is 6.16. The summed E-state index contributed by atoms with van der Waals surface area (Å²) in [5, 5.41) is 3.20. The average molecular weight is 246 g/mol. The van der Waals surface area contributed by atoms with Gasteiger partial charge in [-0.2, -0.15) is 0 Å². The zero-order valence-electron chi connectivity index (χ0n) is 11.5. The maximum atomic E-state index is 4.69. The van der Waals surface area contributed by atoms with Crippen molar-refractivity contribution in [3.8, 4) is 0 Å². The first-order valence-electron chi connectivity index (χ1n) is 6.46. The second kappa shape index (κ2) is 5.98. The molecule has 0 unspecified atom stereocenters. The fraction of sp³-hybridized carbons (Fsp3) is 0.500. The molecule has 0 bridgehead atoms. The molecule has 2 heterocycles. The van der Waals surface area contributed by atoms with Gasteiger partial charge in [-0.1, -0.05) is 6.07 Å². The van der Waals surface area contributed by atoms with Crippen LogP contribution in [0.2, 0.25) is 0 Å². The molecule has 18 heavy (non-hydrogen) atoms. The van der Waals surface area contributed by atoms with Gasteiger partial charge in [0, 0.05) is 18.4 Å². The van der Waals surface area contributed by atoms with Crippen molar-refractivity contribution < 1.29 is 0 Å². The van der Waals surface area contributed by atoms with Gasteiger partial charge in [0.25, 0.3) is 0 Å². The van der Waals surface area contributed by atoms with Gasteiger partial charge < -0.3 is 14.6 Å². The number of hydrogen-bond donors (Lipinski definition) is 1. The maximum absolute atomic E-state index is 4.69. The highest BCUT2D eigenvalue weighted by molar-refractivity contribution is 5.43. The number of nitrogens with one attached hydrogen (secondary N) is 1. The molecule has 1 N–H and O–H groups in total. The normalized spacial score (nSPS) is 11.6. The van der Waals surface area contributed by atoms with Crippen LogP contribution < -0.4 is 5.32 Å². The molecule has 2 rings (SSSR count). The Hall–Kier alpha value is -1.39. The second-order valence-electron chi connectivity index (χ2n) is 4.87. The van der Waals surface area contributed by atoms with Gasteiger partial charge in [-0.3, -0.25) is 0 Å². The summed E-state index contributed by atoms with van der Waals surface area (Å²) in [7, 11) is 6.19. The summed E-state index contributed by atoms with van der Waals surface area (Å²) in [6.07, 6.45) is 4.33. The Morgan fingerprint density at radius 1 is 1.33 bits per heavy atom. The Morgan fingerprint density at radius 2 is 2.17 bits per heavy atom. The molecule has 0 saturated carbocycles. The van der Waals surface area contributed by atoms with E-state index in [1.165, 1.54) is 11.4 Å². The number of imidazole rings is 1. The predicted octanol–water partition coefficient (Wildman–Crippen LogP) is 1.55. The molecule has 4 heteroatoms. The van der Waals surface area contributed by atoms with Crippen LogP contribution in [0.25, 0.3) is 5.65 Å². The number of aryl methyl sites for hydroxylation is 1. The summed E-state index contributed by atoms with van der Waals surface area (Å²) in [5.74, 6) is 0. The molecule has 0 radical (unpaired) electrons. The van der Waals surface area contributed by atoms with Gasteiger partial charge in [0.1, 0.15) is 5.65 Å². The van der Waals surface area contributed by atoms with E-state index in [9.17, 15) is 0 Å². The minimum atomic E-state index is 0.832. The molecule has 2 aromatic rings. The van der Waals surface area contributed by atoms with Crippen LogP contribution in [0.3, 0.4) is 0 Å². The molecular weight excluding hydrogens is 224 g/mol. The van der Waals surface area contributed by atoms with Crippen LogP contribution in [0.15, 0.2) is 24.4 Å². The number of nitrogens with zero attached hydrogens (tertiary/aromatic N) is 3. The van der Waals surface area contributed by atoms with Crippen molar-refractivity contribution >= 4 is 5.65 Å². The van der Waals surface area contributed by atoms with Gasteiger partial charge in [-0.05, 0) is 52.7 Å². The summed E-state index contributed by atoms with van der Waals surface area (Å²) in [6.45, 7) is 1.94. The lowest BCUT2D eigenvalue weighted by atomic mass is 10.2. The van der Waals surface area contributed by atoms with Crippen LogP contribution in [0.4, 0.5) is 0 Å². The largest absolute Gasteiger partial charge is 0.314 e. The maximum Gasteiger partial charge on any atom is 0.137 e. The van der Waals surface area contributed by atoms with Crippen molar-refractivity contribution in [2.75, 3.05) is 27.7 Å². The Bertz CT molecular complexity index is 501. The molecule has 0 amide bonds. The van der Waals surface area contributed by atoms with E-state index in [0.717, 1.165) is 31.6 Å². The van der Waals surface area contributed by atoms with Crippen LogP contribution >= 0.6 is 0 Å². The SMILES string of the molecule is CNCc1nc2ccccn2c1CCCN(C)C. The first kappa shape index (κ1) is 13.1. The number of hydrogen-bond acceptors (Lipinski definition) is 3. The first-order chi connectivity index (χ1) is 8.72. The number of rotatable bonds is 6. The Kier molecular flexibility index (Phi) is 4.33. The number of fused-ring (bicyclic) bond motifs is 1. The predicted molar refractivity (Wildman–Crippen MR) is 74.8 cm³/mol. The fourth-order valence-electron chi connectivity index (χ4n) is 2.23. The zero-order chi connectivity index (χ0) is 13.0. The van der Waals surface area contributed by atoms with Crippen molar-refractivity contribution in [2.45, 2.75) is 19.4 Å². The van der Waals surface area contributed by atoms with Crippen molar-refractivity contribution in [3.05, 3.63) is 35.8 Å². The zero-order valence-corrected chi connectivity index (χ0v) is 11.5. The third kappa shape index (κ3) is 2.89. The molecule has 4 nitrogen and oxygen atoms in total. The van der Waals surface area contributed by atoms with E-state index < -0.39 is 0 Å². The van der Waals surface area contributed by atoms with Crippen molar-refractivity contribution in [1.82, 2.24) is 19.6 Å². The second-order valence-corrected chi connectivity index (χ2v) is 4.87. The lowest BCUT2D eigenvalue weighted by Gasteiger charge is -2.09. The molecule has 0 aliphatic carbocycles. The van der Waals surface area contributed by atoms with Crippen molar-refractivity contribution in [1.29, 1.82) is 0 Å². The van der Waals surface area contributed by atoms with Crippen LogP contribution in [0.1, 0.15) is 17.8 Å². The Labute approximate surface area is 109 Å². The molecule has 0 aromatic carbocycles. The highest BCUT2D eigenvalue weighted by Gasteiger charge is 2.10. The molecule has 98 valence electrons. The van der Waals surface area contributed by atoms with E-state index in [1.54, 1.807) is 0 Å². The summed E-state index contributed by atoms with van der Waals surface area (Å²) >= 11 is 0. The van der Waals surface area contributed by atoms with Gasteiger partial charge in [0.15, 0.2) is 0 Å². The molecule has 0 spiro atoms. The number of pyridine rings is 1. The van der Waals surface area contributed by atoms with Crippen molar-refractivity contribution in [3.63, 3.8) is 0 Å². The van der Waals surface area contributed by atoms with Crippen molar-refractivity contribution in [2.24, 2.45) is 0 Å². The van der Waals surface area contributed by atoms with Crippen LogP contribution in [0, 0.1) is 0 Å².